The Kier molecular flexibility index (Phi) is 4.95. The normalized spacial score (nSPS) is 13.1. The van der Waals surface area contributed by atoms with Gasteiger partial charge in [0.2, 0.25) is 0 Å². The summed E-state index contributed by atoms with van der Waals surface area (Å²) < 4.78 is 0. The maximum Gasteiger partial charge on any atom is 0.162 e. The molecule has 0 bridgehead atoms. The highest BCUT2D eigenvalue weighted by Crippen LogP contribution is 2.12. The summed E-state index contributed by atoms with van der Waals surface area (Å²) in [6.45, 7) is 3.41. The molecule has 0 aliphatic rings. The van der Waals surface area contributed by atoms with Gasteiger partial charge in [0, 0.05) is 0 Å². The summed E-state index contributed by atoms with van der Waals surface area (Å²) in [5.74, 6) is -0.158. The van der Waals surface area contributed by atoms with E-state index in [9.17, 15) is 4.79 Å². The maximum absolute atomic E-state index is 11.0. The molecule has 2 nitrogen and oxygen atoms in total. The van der Waals surface area contributed by atoms with Crippen molar-refractivity contribution >= 4 is 11.4 Å². The molecule has 1 N–H and O–H groups in total. The molecule has 1 aromatic rings. The van der Waals surface area contributed by atoms with Crippen molar-refractivity contribution in [3.8, 4) is 0 Å². The lowest BCUT2D eigenvalue weighted by Gasteiger charge is -1.98. The van der Waals surface area contributed by atoms with E-state index in [1.54, 1.807) is 12.2 Å². The number of hydrogen-bond donors (Lipinski definition) is 1. The van der Waals surface area contributed by atoms with Crippen LogP contribution in [-0.4, -0.2) is 10.9 Å². The number of aliphatic hydroxyl groups excluding tert-OH is 1. The molecule has 0 aliphatic heterocycles. The number of carbonyl (C=O) groups excluding carboxylic acids is 1. The molecular weight excluding hydrogens is 212 g/mol. The van der Waals surface area contributed by atoms with Crippen molar-refractivity contribution in [1.82, 2.24) is 0 Å². The van der Waals surface area contributed by atoms with Gasteiger partial charge in [-0.15, -0.1) is 0 Å². The zero-order valence-electron chi connectivity index (χ0n) is 10.1. The van der Waals surface area contributed by atoms with Gasteiger partial charge in [0.15, 0.2) is 5.78 Å². The van der Waals surface area contributed by atoms with Crippen LogP contribution in [0.25, 0.3) is 5.57 Å². The standard InChI is InChI=1S/C15H16O2/c1-12(14-8-4-3-5-9-14)7-6-10-15(11-16)13(2)17/h3-11,16H,1-2H3/b10-6-,12-7+,15-11?. The van der Waals surface area contributed by atoms with Gasteiger partial charge in [-0.2, -0.15) is 0 Å². The molecule has 1 rings (SSSR count). The van der Waals surface area contributed by atoms with Crippen LogP contribution in [0.3, 0.4) is 0 Å². The minimum atomic E-state index is -0.158. The zero-order valence-corrected chi connectivity index (χ0v) is 10.1. The molecular formula is C15H16O2. The minimum absolute atomic E-state index is 0.158. The monoisotopic (exact) mass is 228 g/mol. The maximum atomic E-state index is 11.0. The molecule has 0 fully saturated rings. The van der Waals surface area contributed by atoms with Crippen LogP contribution < -0.4 is 0 Å². The zero-order chi connectivity index (χ0) is 12.7. The number of rotatable bonds is 4. The van der Waals surface area contributed by atoms with E-state index in [1.165, 1.54) is 6.92 Å². The molecule has 0 radical (unpaired) electrons. The van der Waals surface area contributed by atoms with Gasteiger partial charge in [-0.3, -0.25) is 4.79 Å². The number of aliphatic hydroxyl groups is 1. The third-order valence-corrected chi connectivity index (χ3v) is 2.40. The van der Waals surface area contributed by atoms with Gasteiger partial charge in [-0.1, -0.05) is 42.5 Å². The Morgan fingerprint density at radius 3 is 2.35 bits per heavy atom. The predicted octanol–water partition coefficient (Wildman–Crippen LogP) is 3.68. The van der Waals surface area contributed by atoms with E-state index in [-0.39, 0.29) is 5.78 Å². The number of Topliss-reactive ketones (excluding diaryl/α,β-unsaturated/α-hetero) is 1. The van der Waals surface area contributed by atoms with Gasteiger partial charge in [0.25, 0.3) is 0 Å². The summed E-state index contributed by atoms with van der Waals surface area (Å²) in [5.41, 5.74) is 2.53. The van der Waals surface area contributed by atoms with Gasteiger partial charge in [0.05, 0.1) is 11.8 Å². The Morgan fingerprint density at radius 1 is 1.18 bits per heavy atom. The van der Waals surface area contributed by atoms with E-state index >= 15 is 0 Å². The second kappa shape index (κ2) is 6.48. The first-order valence-corrected chi connectivity index (χ1v) is 5.41. The summed E-state index contributed by atoms with van der Waals surface area (Å²) in [6, 6.07) is 9.96. The number of allylic oxidation sites excluding steroid dienone is 5. The Hall–Kier alpha value is -2.09. The first kappa shape index (κ1) is 13.0. The van der Waals surface area contributed by atoms with Crippen molar-refractivity contribution < 1.29 is 9.90 Å². The Labute approximate surface area is 102 Å². The second-order valence-electron chi connectivity index (χ2n) is 3.72. The van der Waals surface area contributed by atoms with Crippen LogP contribution in [0, 0.1) is 0 Å². The molecule has 0 unspecified atom stereocenters. The lowest BCUT2D eigenvalue weighted by atomic mass is 10.1. The minimum Gasteiger partial charge on any atom is -0.515 e. The summed E-state index contributed by atoms with van der Waals surface area (Å²) in [7, 11) is 0. The fourth-order valence-electron chi connectivity index (χ4n) is 1.34. The summed E-state index contributed by atoms with van der Waals surface area (Å²) in [6.07, 6.45) is 6.08. The predicted molar refractivity (Wildman–Crippen MR) is 70.6 cm³/mol. The third-order valence-electron chi connectivity index (χ3n) is 2.40. The van der Waals surface area contributed by atoms with E-state index in [4.69, 9.17) is 5.11 Å². The Bertz CT molecular complexity index is 465. The molecule has 2 heteroatoms. The molecule has 1 aromatic carbocycles. The fourth-order valence-corrected chi connectivity index (χ4v) is 1.34. The number of benzene rings is 1. The lowest BCUT2D eigenvalue weighted by Crippen LogP contribution is -1.92. The number of ketones is 1. The van der Waals surface area contributed by atoms with Crippen LogP contribution in [0.5, 0.6) is 0 Å². The van der Waals surface area contributed by atoms with Crippen LogP contribution in [0.15, 0.2) is 60.4 Å². The van der Waals surface area contributed by atoms with Crippen molar-refractivity contribution in [3.05, 3.63) is 66.0 Å². The smallest absolute Gasteiger partial charge is 0.162 e. The fraction of sp³-hybridized carbons (Fsp3) is 0.133. The van der Waals surface area contributed by atoms with Crippen molar-refractivity contribution in [1.29, 1.82) is 0 Å². The molecule has 0 atom stereocenters. The lowest BCUT2D eigenvalue weighted by molar-refractivity contribution is -0.113. The highest BCUT2D eigenvalue weighted by molar-refractivity contribution is 5.95. The Morgan fingerprint density at radius 2 is 1.82 bits per heavy atom. The molecule has 0 heterocycles. The molecule has 88 valence electrons. The van der Waals surface area contributed by atoms with Crippen molar-refractivity contribution in [2.45, 2.75) is 13.8 Å². The summed E-state index contributed by atoms with van der Waals surface area (Å²) in [5, 5.41) is 8.82. The van der Waals surface area contributed by atoms with Gasteiger partial charge in [-0.25, -0.2) is 0 Å². The third kappa shape index (κ3) is 4.11. The quantitative estimate of drug-likeness (QED) is 0.485. The average molecular weight is 228 g/mol. The van der Waals surface area contributed by atoms with E-state index < -0.39 is 0 Å². The van der Waals surface area contributed by atoms with Gasteiger partial charge in [0.1, 0.15) is 0 Å². The van der Waals surface area contributed by atoms with Gasteiger partial charge < -0.3 is 5.11 Å². The van der Waals surface area contributed by atoms with Crippen molar-refractivity contribution in [3.63, 3.8) is 0 Å². The molecule has 0 aliphatic carbocycles. The highest BCUT2D eigenvalue weighted by atomic mass is 16.2. The Balaban J connectivity index is 2.78. The van der Waals surface area contributed by atoms with E-state index in [1.807, 2.05) is 43.3 Å². The SMILES string of the molecule is CC(=O)C(=CO)/C=C\C=C(/C)c1ccccc1. The highest BCUT2D eigenvalue weighted by Gasteiger charge is 1.97. The summed E-state index contributed by atoms with van der Waals surface area (Å²) >= 11 is 0. The van der Waals surface area contributed by atoms with Gasteiger partial charge in [-0.05, 0) is 31.1 Å². The number of hydrogen-bond acceptors (Lipinski definition) is 2. The summed E-state index contributed by atoms with van der Waals surface area (Å²) in [4.78, 5) is 11.0. The topological polar surface area (TPSA) is 37.3 Å². The number of carbonyl (C=O) groups is 1. The van der Waals surface area contributed by atoms with Crippen LogP contribution in [0.1, 0.15) is 19.4 Å². The van der Waals surface area contributed by atoms with Crippen LogP contribution in [-0.2, 0) is 4.79 Å². The van der Waals surface area contributed by atoms with Gasteiger partial charge >= 0.3 is 0 Å². The molecule has 0 spiro atoms. The molecule has 0 amide bonds. The van der Waals surface area contributed by atoms with Crippen LogP contribution in [0.4, 0.5) is 0 Å². The van der Waals surface area contributed by atoms with E-state index in [0.717, 1.165) is 17.4 Å². The van der Waals surface area contributed by atoms with E-state index in [0.29, 0.717) is 5.57 Å². The average Bonchev–Trinajstić information content (AvgIpc) is 2.35. The van der Waals surface area contributed by atoms with Crippen molar-refractivity contribution in [2.24, 2.45) is 0 Å². The molecule has 0 aromatic heterocycles. The first-order chi connectivity index (χ1) is 8.15. The molecule has 0 saturated carbocycles. The first-order valence-electron chi connectivity index (χ1n) is 5.41. The second-order valence-corrected chi connectivity index (χ2v) is 3.72. The van der Waals surface area contributed by atoms with E-state index in [2.05, 4.69) is 0 Å². The largest absolute Gasteiger partial charge is 0.515 e. The van der Waals surface area contributed by atoms with Crippen LogP contribution in [0.2, 0.25) is 0 Å². The molecule has 0 saturated heterocycles. The van der Waals surface area contributed by atoms with Crippen molar-refractivity contribution in [2.75, 3.05) is 0 Å². The van der Waals surface area contributed by atoms with Crippen LogP contribution >= 0.6 is 0 Å². The molecule has 17 heavy (non-hydrogen) atoms.